The minimum Gasteiger partial charge on any atom is -0.383 e. The number of hydrogen-bond donors (Lipinski definition) is 1. The van der Waals surface area contributed by atoms with Crippen LogP contribution in [0.5, 0.6) is 0 Å². The van der Waals surface area contributed by atoms with Crippen LogP contribution in [0, 0.1) is 0 Å². The minimum absolute atomic E-state index is 0. The highest BCUT2D eigenvalue weighted by Gasteiger charge is 2.21. The Morgan fingerprint density at radius 3 is 2.67 bits per heavy atom. The van der Waals surface area contributed by atoms with Crippen LogP contribution in [-0.4, -0.2) is 93.7 Å². The first-order chi connectivity index (χ1) is 12.5. The maximum Gasteiger partial charge on any atom is 0.243 e. The number of carbonyl (C=O) groups is 1. The van der Waals surface area contributed by atoms with Crippen molar-refractivity contribution < 1.29 is 9.53 Å². The number of anilines is 1. The van der Waals surface area contributed by atoms with Gasteiger partial charge in [-0.05, 0) is 6.07 Å². The fraction of sp³-hybridized carbons (Fsp3) is 0.588. The summed E-state index contributed by atoms with van der Waals surface area (Å²) in [4.78, 5) is 26.3. The topological polar surface area (TPSA) is 73.3 Å². The maximum absolute atomic E-state index is 11.9. The normalized spacial score (nSPS) is 14.6. The first-order valence-electron chi connectivity index (χ1n) is 8.59. The molecule has 2 heterocycles. The number of piperazine rings is 1. The number of hydrogen-bond acceptors (Lipinski definition) is 5. The van der Waals surface area contributed by atoms with Crippen LogP contribution in [0.4, 0.5) is 5.69 Å². The molecule has 1 aliphatic rings. The summed E-state index contributed by atoms with van der Waals surface area (Å²) in [6.07, 6.45) is 3.41. The van der Waals surface area contributed by atoms with Gasteiger partial charge < -0.3 is 24.8 Å². The number of nitrogens with zero attached hydrogens (tertiary/aromatic N) is 5. The van der Waals surface area contributed by atoms with Crippen molar-refractivity contribution >= 4 is 53.1 Å². The van der Waals surface area contributed by atoms with E-state index in [2.05, 4.69) is 25.1 Å². The van der Waals surface area contributed by atoms with E-state index in [1.54, 1.807) is 38.5 Å². The monoisotopic (exact) mass is 510 g/mol. The van der Waals surface area contributed by atoms with E-state index in [0.29, 0.717) is 18.2 Å². The summed E-state index contributed by atoms with van der Waals surface area (Å²) in [6.45, 7) is 4.54. The van der Waals surface area contributed by atoms with Gasteiger partial charge in [-0.15, -0.1) is 24.0 Å². The number of rotatable bonds is 6. The van der Waals surface area contributed by atoms with Crippen LogP contribution in [0.25, 0.3) is 0 Å². The van der Waals surface area contributed by atoms with E-state index in [0.717, 1.165) is 37.8 Å². The van der Waals surface area contributed by atoms with Gasteiger partial charge in [0.1, 0.15) is 6.54 Å². The molecule has 152 valence electrons. The Labute approximate surface area is 182 Å². The summed E-state index contributed by atoms with van der Waals surface area (Å²) >= 11 is 6.25. The van der Waals surface area contributed by atoms with Crippen molar-refractivity contribution in [3.05, 3.63) is 23.5 Å². The Morgan fingerprint density at radius 2 is 2.07 bits per heavy atom. The molecule has 0 aliphatic carbocycles. The third-order valence-electron chi connectivity index (χ3n) is 4.12. The molecule has 1 N–H and O–H groups in total. The number of aromatic nitrogens is 1. The molecule has 10 heteroatoms. The van der Waals surface area contributed by atoms with Crippen LogP contribution >= 0.6 is 35.6 Å². The summed E-state index contributed by atoms with van der Waals surface area (Å²) in [5.41, 5.74) is 0.995. The molecule has 2 rings (SSSR count). The number of ether oxygens (including phenoxy) is 1. The lowest BCUT2D eigenvalue weighted by atomic mass is 10.2. The predicted octanol–water partition coefficient (Wildman–Crippen LogP) is 1.16. The van der Waals surface area contributed by atoms with E-state index in [1.807, 2.05) is 6.07 Å². The lowest BCUT2D eigenvalue weighted by Crippen LogP contribution is -2.53. The van der Waals surface area contributed by atoms with Crippen molar-refractivity contribution in [2.45, 2.75) is 0 Å². The maximum atomic E-state index is 11.9. The molecule has 0 atom stereocenters. The van der Waals surface area contributed by atoms with E-state index in [9.17, 15) is 4.79 Å². The van der Waals surface area contributed by atoms with Crippen molar-refractivity contribution in [2.75, 3.05) is 72.0 Å². The van der Waals surface area contributed by atoms with Gasteiger partial charge in [0, 0.05) is 66.3 Å². The molecule has 0 spiro atoms. The number of aliphatic imine (C=N–C) groups is 1. The summed E-state index contributed by atoms with van der Waals surface area (Å²) in [6, 6.07) is 1.93. The van der Waals surface area contributed by atoms with Gasteiger partial charge in [-0.3, -0.25) is 9.78 Å². The van der Waals surface area contributed by atoms with Gasteiger partial charge in [0.05, 0.1) is 17.3 Å². The Kier molecular flexibility index (Phi) is 10.7. The highest BCUT2D eigenvalue weighted by Crippen LogP contribution is 2.25. The van der Waals surface area contributed by atoms with Crippen molar-refractivity contribution in [3.8, 4) is 0 Å². The first kappa shape index (κ1) is 23.7. The van der Waals surface area contributed by atoms with Gasteiger partial charge in [0.25, 0.3) is 0 Å². The first-order valence-corrected chi connectivity index (χ1v) is 8.97. The highest BCUT2D eigenvalue weighted by atomic mass is 127. The fourth-order valence-corrected chi connectivity index (χ4v) is 2.84. The summed E-state index contributed by atoms with van der Waals surface area (Å²) < 4.78 is 5.09. The van der Waals surface area contributed by atoms with Crippen LogP contribution in [-0.2, 0) is 9.53 Å². The number of halogens is 2. The van der Waals surface area contributed by atoms with E-state index >= 15 is 0 Å². The predicted molar refractivity (Wildman–Crippen MR) is 119 cm³/mol. The zero-order valence-corrected chi connectivity index (χ0v) is 19.1. The van der Waals surface area contributed by atoms with Crippen LogP contribution in [0.1, 0.15) is 0 Å². The number of amides is 1. The summed E-state index contributed by atoms with van der Waals surface area (Å²) in [5, 5.41) is 3.93. The Hall–Kier alpha value is -1.33. The molecule has 0 unspecified atom stereocenters. The number of pyridine rings is 1. The van der Waals surface area contributed by atoms with E-state index < -0.39 is 0 Å². The molecular formula is C17H28ClIN6O2. The smallest absolute Gasteiger partial charge is 0.243 e. The number of likely N-dealkylation sites (N-methyl/N-ethyl adjacent to an activating group) is 1. The molecule has 27 heavy (non-hydrogen) atoms. The molecule has 0 saturated carbocycles. The third-order valence-corrected chi connectivity index (χ3v) is 4.41. The second kappa shape index (κ2) is 12.2. The Balaban J connectivity index is 0.00000364. The Bertz CT molecular complexity index is 623. The van der Waals surface area contributed by atoms with Gasteiger partial charge >= 0.3 is 0 Å². The average Bonchev–Trinajstić information content (AvgIpc) is 2.65. The van der Waals surface area contributed by atoms with Crippen LogP contribution in [0.3, 0.4) is 0 Å². The molecule has 1 aromatic heterocycles. The molecule has 8 nitrogen and oxygen atoms in total. The van der Waals surface area contributed by atoms with Crippen molar-refractivity contribution in [1.29, 1.82) is 0 Å². The van der Waals surface area contributed by atoms with E-state index in [-0.39, 0.29) is 36.4 Å². The van der Waals surface area contributed by atoms with Crippen LogP contribution in [0.2, 0.25) is 5.02 Å². The molecule has 0 bridgehead atoms. The van der Waals surface area contributed by atoms with Gasteiger partial charge in [0.2, 0.25) is 5.91 Å². The molecule has 1 amide bonds. The average molecular weight is 511 g/mol. The molecule has 0 aromatic carbocycles. The van der Waals surface area contributed by atoms with E-state index in [1.165, 1.54) is 0 Å². The van der Waals surface area contributed by atoms with Crippen LogP contribution < -0.4 is 10.2 Å². The molecule has 1 saturated heterocycles. The lowest BCUT2D eigenvalue weighted by Gasteiger charge is -2.38. The second-order valence-corrected chi connectivity index (χ2v) is 6.56. The number of carbonyl (C=O) groups excluding carboxylic acids is 1. The zero-order chi connectivity index (χ0) is 18.9. The van der Waals surface area contributed by atoms with Crippen LogP contribution in [0.15, 0.2) is 23.5 Å². The fourth-order valence-electron chi connectivity index (χ4n) is 2.60. The highest BCUT2D eigenvalue weighted by molar-refractivity contribution is 14.0. The quantitative estimate of drug-likeness (QED) is 0.268. The van der Waals surface area contributed by atoms with Gasteiger partial charge in [-0.1, -0.05) is 11.6 Å². The number of guanidine groups is 1. The number of methoxy groups -OCH3 is 1. The molecular weight excluding hydrogens is 483 g/mol. The summed E-state index contributed by atoms with van der Waals surface area (Å²) in [7, 11) is 5.12. The standard InChI is InChI=1S/C17H27ClN6O2.HI/c1-22(2)16(25)13-21-17(20-6-11-26-3)24-9-7-23(8-10-24)15-4-5-19-12-14(15)18;/h4-5,12H,6-11,13H2,1-3H3,(H,20,21);1H. The van der Waals surface area contributed by atoms with Gasteiger partial charge in [0.15, 0.2) is 5.96 Å². The third kappa shape index (κ3) is 7.30. The van der Waals surface area contributed by atoms with Crippen molar-refractivity contribution in [3.63, 3.8) is 0 Å². The molecule has 0 radical (unpaired) electrons. The number of nitrogens with one attached hydrogen (secondary N) is 1. The second-order valence-electron chi connectivity index (χ2n) is 6.15. The van der Waals surface area contributed by atoms with Crippen molar-refractivity contribution in [2.24, 2.45) is 4.99 Å². The largest absolute Gasteiger partial charge is 0.383 e. The zero-order valence-electron chi connectivity index (χ0n) is 16.0. The molecule has 1 aliphatic heterocycles. The molecule has 1 fully saturated rings. The van der Waals surface area contributed by atoms with Gasteiger partial charge in [-0.2, -0.15) is 0 Å². The van der Waals surface area contributed by atoms with E-state index in [4.69, 9.17) is 16.3 Å². The van der Waals surface area contributed by atoms with Crippen molar-refractivity contribution in [1.82, 2.24) is 20.1 Å². The summed E-state index contributed by atoms with van der Waals surface area (Å²) in [5.74, 6) is 0.705. The Morgan fingerprint density at radius 1 is 1.37 bits per heavy atom. The minimum atomic E-state index is -0.0294. The SMILES string of the molecule is COCCNC(=NCC(=O)N(C)C)N1CCN(c2ccncc2Cl)CC1.I. The van der Waals surface area contributed by atoms with Gasteiger partial charge in [-0.25, -0.2) is 4.99 Å². The molecule has 1 aromatic rings. The lowest BCUT2D eigenvalue weighted by molar-refractivity contribution is -0.127.